The van der Waals surface area contributed by atoms with Gasteiger partial charge in [-0.25, -0.2) is 8.78 Å². The summed E-state index contributed by atoms with van der Waals surface area (Å²) in [6.07, 6.45) is 0.592. The normalized spacial score (nSPS) is 12.4. The zero-order valence-corrected chi connectivity index (χ0v) is 13.7. The first kappa shape index (κ1) is 16.1. The Morgan fingerprint density at radius 2 is 1.81 bits per heavy atom. The summed E-state index contributed by atoms with van der Waals surface area (Å²) >= 11 is 3.50. The van der Waals surface area contributed by atoms with Crippen molar-refractivity contribution >= 4 is 15.9 Å². The lowest BCUT2D eigenvalue weighted by Crippen LogP contribution is -2.24. The molecule has 0 aliphatic carbocycles. The van der Waals surface area contributed by atoms with E-state index in [0.29, 0.717) is 24.1 Å². The number of aryl methyl sites for hydroxylation is 1. The number of halogens is 3. The monoisotopic (exact) mass is 353 g/mol. The van der Waals surface area contributed by atoms with E-state index in [9.17, 15) is 8.78 Å². The van der Waals surface area contributed by atoms with Crippen molar-refractivity contribution in [2.75, 3.05) is 6.54 Å². The molecule has 0 heterocycles. The van der Waals surface area contributed by atoms with Crippen molar-refractivity contribution in [3.8, 4) is 0 Å². The summed E-state index contributed by atoms with van der Waals surface area (Å²) in [4.78, 5) is 0. The first-order valence-corrected chi connectivity index (χ1v) is 7.75. The van der Waals surface area contributed by atoms with Crippen molar-refractivity contribution in [3.63, 3.8) is 0 Å². The van der Waals surface area contributed by atoms with Crippen molar-refractivity contribution < 1.29 is 8.78 Å². The standard InChI is InChI=1S/C17H18BrF2N/c1-3-21-15(10-12-6-4-5-7-14(12)18)13-9-8-11(2)16(19)17(13)20/h4-9,15,21H,3,10H2,1-2H3. The zero-order valence-electron chi connectivity index (χ0n) is 12.1. The average molecular weight is 354 g/mol. The molecule has 0 aliphatic heterocycles. The molecule has 4 heteroatoms. The molecular formula is C17H18BrF2N. The number of hydrogen-bond acceptors (Lipinski definition) is 1. The van der Waals surface area contributed by atoms with Gasteiger partial charge in [0.2, 0.25) is 0 Å². The molecule has 1 atom stereocenters. The highest BCUT2D eigenvalue weighted by atomic mass is 79.9. The second-order valence-electron chi connectivity index (χ2n) is 5.01. The van der Waals surface area contributed by atoms with Crippen molar-refractivity contribution in [2.24, 2.45) is 0 Å². The molecule has 0 spiro atoms. The third kappa shape index (κ3) is 3.69. The maximum absolute atomic E-state index is 14.2. The first-order valence-electron chi connectivity index (χ1n) is 6.95. The van der Waals surface area contributed by atoms with Gasteiger partial charge in [0.25, 0.3) is 0 Å². The van der Waals surface area contributed by atoms with Crippen LogP contribution in [-0.2, 0) is 6.42 Å². The SMILES string of the molecule is CCNC(Cc1ccccc1Br)c1ccc(C)c(F)c1F. The van der Waals surface area contributed by atoms with Gasteiger partial charge in [0.05, 0.1) is 0 Å². The van der Waals surface area contributed by atoms with E-state index in [4.69, 9.17) is 0 Å². The number of likely N-dealkylation sites (N-methyl/N-ethyl adjacent to an activating group) is 1. The molecule has 0 fully saturated rings. The van der Waals surface area contributed by atoms with Crippen LogP contribution in [0.4, 0.5) is 8.78 Å². The molecule has 1 N–H and O–H groups in total. The lowest BCUT2D eigenvalue weighted by atomic mass is 9.97. The van der Waals surface area contributed by atoms with E-state index in [-0.39, 0.29) is 6.04 Å². The van der Waals surface area contributed by atoms with E-state index in [1.807, 2.05) is 31.2 Å². The third-order valence-corrected chi connectivity index (χ3v) is 4.29. The minimum Gasteiger partial charge on any atom is -0.310 e. The molecule has 0 saturated heterocycles. The highest BCUT2D eigenvalue weighted by molar-refractivity contribution is 9.10. The quantitative estimate of drug-likeness (QED) is 0.803. The van der Waals surface area contributed by atoms with E-state index < -0.39 is 11.6 Å². The summed E-state index contributed by atoms with van der Waals surface area (Å²) in [7, 11) is 0. The minimum atomic E-state index is -0.762. The Bertz CT molecular complexity index is 628. The summed E-state index contributed by atoms with van der Waals surface area (Å²) < 4.78 is 29.0. The topological polar surface area (TPSA) is 12.0 Å². The zero-order chi connectivity index (χ0) is 15.4. The van der Waals surface area contributed by atoms with Crippen molar-refractivity contribution in [1.82, 2.24) is 5.32 Å². The molecule has 0 amide bonds. The minimum absolute atomic E-state index is 0.260. The van der Waals surface area contributed by atoms with Gasteiger partial charge in [0.15, 0.2) is 11.6 Å². The van der Waals surface area contributed by atoms with Gasteiger partial charge in [0.1, 0.15) is 0 Å². The fourth-order valence-electron chi connectivity index (χ4n) is 2.35. The highest BCUT2D eigenvalue weighted by Gasteiger charge is 2.20. The van der Waals surface area contributed by atoms with Crippen LogP contribution in [0.25, 0.3) is 0 Å². The maximum Gasteiger partial charge on any atom is 0.163 e. The molecule has 2 aromatic carbocycles. The molecule has 0 bridgehead atoms. The van der Waals surface area contributed by atoms with Crippen LogP contribution < -0.4 is 5.32 Å². The molecule has 1 nitrogen and oxygen atoms in total. The largest absolute Gasteiger partial charge is 0.310 e. The van der Waals surface area contributed by atoms with Crippen LogP contribution in [0.3, 0.4) is 0 Å². The summed E-state index contributed by atoms with van der Waals surface area (Å²) in [6.45, 7) is 4.21. The van der Waals surface area contributed by atoms with Crippen LogP contribution >= 0.6 is 15.9 Å². The Labute approximate surface area is 132 Å². The van der Waals surface area contributed by atoms with Gasteiger partial charge in [-0.2, -0.15) is 0 Å². The third-order valence-electron chi connectivity index (χ3n) is 3.51. The molecule has 112 valence electrons. The van der Waals surface area contributed by atoms with Gasteiger partial charge in [-0.05, 0) is 37.1 Å². The van der Waals surface area contributed by atoms with Crippen LogP contribution in [0.5, 0.6) is 0 Å². The fourth-order valence-corrected chi connectivity index (χ4v) is 2.80. The molecule has 1 unspecified atom stereocenters. The predicted molar refractivity (Wildman–Crippen MR) is 85.4 cm³/mol. The van der Waals surface area contributed by atoms with Crippen LogP contribution in [-0.4, -0.2) is 6.54 Å². The Morgan fingerprint density at radius 3 is 2.48 bits per heavy atom. The number of nitrogens with one attached hydrogen (secondary N) is 1. The Balaban J connectivity index is 2.36. The summed E-state index contributed by atoms with van der Waals surface area (Å²) in [5.41, 5.74) is 1.76. The van der Waals surface area contributed by atoms with Crippen LogP contribution in [0.15, 0.2) is 40.9 Å². The van der Waals surface area contributed by atoms with E-state index in [1.54, 1.807) is 19.1 Å². The summed E-state index contributed by atoms with van der Waals surface area (Å²) in [5, 5.41) is 3.23. The molecule has 21 heavy (non-hydrogen) atoms. The second-order valence-corrected chi connectivity index (χ2v) is 5.86. The molecule has 0 radical (unpaired) electrons. The number of benzene rings is 2. The Kier molecular flexibility index (Phi) is 5.48. The Hall–Kier alpha value is -1.26. The van der Waals surface area contributed by atoms with Gasteiger partial charge in [-0.15, -0.1) is 0 Å². The summed E-state index contributed by atoms with van der Waals surface area (Å²) in [5.74, 6) is -1.52. The molecule has 0 aromatic heterocycles. The molecule has 2 aromatic rings. The van der Waals surface area contributed by atoms with Crippen molar-refractivity contribution in [2.45, 2.75) is 26.3 Å². The molecular weight excluding hydrogens is 336 g/mol. The summed E-state index contributed by atoms with van der Waals surface area (Å²) in [6, 6.07) is 10.8. The fraction of sp³-hybridized carbons (Fsp3) is 0.294. The number of hydrogen-bond donors (Lipinski definition) is 1. The van der Waals surface area contributed by atoms with E-state index >= 15 is 0 Å². The van der Waals surface area contributed by atoms with Crippen molar-refractivity contribution in [3.05, 3.63) is 69.2 Å². The van der Waals surface area contributed by atoms with Gasteiger partial charge in [-0.1, -0.05) is 53.2 Å². The highest BCUT2D eigenvalue weighted by Crippen LogP contribution is 2.27. The van der Waals surface area contributed by atoms with Gasteiger partial charge >= 0.3 is 0 Å². The van der Waals surface area contributed by atoms with Crippen LogP contribution in [0, 0.1) is 18.6 Å². The van der Waals surface area contributed by atoms with Gasteiger partial charge in [-0.3, -0.25) is 0 Å². The predicted octanol–water partition coefficient (Wildman–Crippen LogP) is 4.93. The average Bonchev–Trinajstić information content (AvgIpc) is 2.47. The number of rotatable bonds is 5. The lowest BCUT2D eigenvalue weighted by molar-refractivity contribution is 0.461. The smallest absolute Gasteiger partial charge is 0.163 e. The van der Waals surface area contributed by atoms with E-state index in [2.05, 4.69) is 21.2 Å². The van der Waals surface area contributed by atoms with E-state index in [0.717, 1.165) is 10.0 Å². The van der Waals surface area contributed by atoms with Crippen LogP contribution in [0.1, 0.15) is 29.7 Å². The van der Waals surface area contributed by atoms with Gasteiger partial charge < -0.3 is 5.32 Å². The molecule has 0 saturated carbocycles. The van der Waals surface area contributed by atoms with Crippen LogP contribution in [0.2, 0.25) is 0 Å². The first-order chi connectivity index (χ1) is 10.0. The Morgan fingerprint density at radius 1 is 1.10 bits per heavy atom. The molecule has 0 aliphatic rings. The lowest BCUT2D eigenvalue weighted by Gasteiger charge is -2.20. The second kappa shape index (κ2) is 7.14. The van der Waals surface area contributed by atoms with Crippen molar-refractivity contribution in [1.29, 1.82) is 0 Å². The van der Waals surface area contributed by atoms with Gasteiger partial charge in [0, 0.05) is 16.1 Å². The maximum atomic E-state index is 14.2. The van der Waals surface area contributed by atoms with E-state index in [1.165, 1.54) is 0 Å². The molecule has 2 rings (SSSR count).